The summed E-state index contributed by atoms with van der Waals surface area (Å²) in [6, 6.07) is 11.9. The molecule has 2 aromatic rings. The Morgan fingerprint density at radius 2 is 1.85 bits per heavy atom. The van der Waals surface area contributed by atoms with Gasteiger partial charge in [-0.3, -0.25) is 9.00 Å². The summed E-state index contributed by atoms with van der Waals surface area (Å²) in [5.74, 6) is -0.327. The summed E-state index contributed by atoms with van der Waals surface area (Å²) in [5, 5.41) is 0. The van der Waals surface area contributed by atoms with E-state index in [1.165, 1.54) is 12.1 Å². The van der Waals surface area contributed by atoms with E-state index in [0.717, 1.165) is 27.2 Å². The van der Waals surface area contributed by atoms with E-state index in [4.69, 9.17) is 4.74 Å². The van der Waals surface area contributed by atoms with Gasteiger partial charge >= 0.3 is 5.97 Å². The van der Waals surface area contributed by atoms with E-state index >= 15 is 0 Å². The lowest BCUT2D eigenvalue weighted by molar-refractivity contribution is -0.136. The van der Waals surface area contributed by atoms with E-state index < -0.39 is 10.8 Å². The van der Waals surface area contributed by atoms with Crippen LogP contribution in [0.2, 0.25) is 0 Å². The fourth-order valence-electron chi connectivity index (χ4n) is 2.89. The fourth-order valence-corrected chi connectivity index (χ4v) is 3.41. The van der Waals surface area contributed by atoms with Gasteiger partial charge in [-0.05, 0) is 54.0 Å². The van der Waals surface area contributed by atoms with Crippen molar-refractivity contribution in [2.45, 2.75) is 25.2 Å². The molecule has 1 unspecified atom stereocenters. The summed E-state index contributed by atoms with van der Waals surface area (Å²) in [4.78, 5) is 12.5. The summed E-state index contributed by atoms with van der Waals surface area (Å²) < 4.78 is 30.7. The molecule has 1 atom stereocenters. The van der Waals surface area contributed by atoms with Crippen LogP contribution in [0.25, 0.3) is 17.4 Å². The predicted octanol–water partition coefficient (Wildman–Crippen LogP) is 4.80. The molecule has 0 saturated carbocycles. The average Bonchev–Trinajstić information content (AvgIpc) is 2.87. The standard InChI is InChI=1S/C21H19FO3S/c1-4-20(23)25-21-13(2)18(17-10-7-15(22)12-19(17)21)11-14-5-8-16(9-6-14)26(3)24/h5-12H,4H2,1-3H3. The van der Waals surface area contributed by atoms with Crippen LogP contribution < -0.4 is 0 Å². The number of allylic oxidation sites excluding steroid dienone is 2. The second-order valence-corrected chi connectivity index (χ2v) is 7.43. The van der Waals surface area contributed by atoms with Crippen molar-refractivity contribution < 1.29 is 18.1 Å². The summed E-state index contributed by atoms with van der Waals surface area (Å²) >= 11 is 0. The third-order valence-electron chi connectivity index (χ3n) is 4.29. The second-order valence-electron chi connectivity index (χ2n) is 6.05. The zero-order chi connectivity index (χ0) is 18.8. The minimum absolute atomic E-state index is 0.246. The van der Waals surface area contributed by atoms with Crippen LogP contribution in [0.1, 0.15) is 37.0 Å². The number of carbonyl (C=O) groups is 1. The van der Waals surface area contributed by atoms with Gasteiger partial charge in [0.1, 0.15) is 11.6 Å². The Labute approximate surface area is 154 Å². The summed E-state index contributed by atoms with van der Waals surface area (Å²) in [7, 11) is -1.03. The Morgan fingerprint density at radius 3 is 2.46 bits per heavy atom. The number of hydrogen-bond donors (Lipinski definition) is 0. The molecule has 1 aliphatic rings. The van der Waals surface area contributed by atoms with Crippen LogP contribution in [0.5, 0.6) is 0 Å². The third kappa shape index (κ3) is 3.53. The van der Waals surface area contributed by atoms with Gasteiger partial charge in [0, 0.05) is 39.5 Å². The Morgan fingerprint density at radius 1 is 1.15 bits per heavy atom. The van der Waals surface area contributed by atoms with Crippen LogP contribution in [0.15, 0.2) is 52.9 Å². The highest BCUT2D eigenvalue weighted by Crippen LogP contribution is 2.43. The first-order valence-corrected chi connectivity index (χ1v) is 9.84. The minimum atomic E-state index is -1.03. The average molecular weight is 370 g/mol. The molecule has 3 nitrogen and oxygen atoms in total. The molecule has 5 heteroatoms. The number of ether oxygens (including phenoxy) is 1. The molecule has 0 aliphatic heterocycles. The van der Waals surface area contributed by atoms with E-state index in [-0.39, 0.29) is 18.2 Å². The number of fused-ring (bicyclic) bond motifs is 1. The van der Waals surface area contributed by atoms with Gasteiger partial charge in [0.25, 0.3) is 0 Å². The molecule has 0 saturated heterocycles. The largest absolute Gasteiger partial charge is 0.426 e. The number of rotatable bonds is 4. The normalized spacial score (nSPS) is 15.9. The lowest BCUT2D eigenvalue weighted by atomic mass is 10.0. The molecule has 26 heavy (non-hydrogen) atoms. The van der Waals surface area contributed by atoms with Gasteiger partial charge in [-0.1, -0.05) is 25.1 Å². The van der Waals surface area contributed by atoms with Crippen LogP contribution in [-0.4, -0.2) is 16.4 Å². The molecule has 2 aromatic carbocycles. The van der Waals surface area contributed by atoms with Crippen molar-refractivity contribution in [1.29, 1.82) is 0 Å². The number of esters is 1. The van der Waals surface area contributed by atoms with Gasteiger partial charge < -0.3 is 4.74 Å². The second kappa shape index (κ2) is 7.38. The van der Waals surface area contributed by atoms with Gasteiger partial charge in [0.05, 0.1) is 0 Å². The zero-order valence-corrected chi connectivity index (χ0v) is 15.7. The Hall–Kier alpha value is -2.53. The van der Waals surface area contributed by atoms with E-state index in [2.05, 4.69) is 0 Å². The van der Waals surface area contributed by atoms with Gasteiger partial charge in [-0.2, -0.15) is 0 Å². The smallest absolute Gasteiger partial charge is 0.310 e. The first-order valence-electron chi connectivity index (χ1n) is 8.28. The van der Waals surface area contributed by atoms with Crippen molar-refractivity contribution in [2.75, 3.05) is 6.26 Å². The van der Waals surface area contributed by atoms with E-state index in [1.807, 2.05) is 37.3 Å². The maximum atomic E-state index is 13.7. The minimum Gasteiger partial charge on any atom is -0.426 e. The number of halogens is 1. The summed E-state index contributed by atoms with van der Waals surface area (Å²) in [5.41, 5.74) is 4.00. The first-order chi connectivity index (χ1) is 12.4. The van der Waals surface area contributed by atoms with Crippen LogP contribution in [0, 0.1) is 5.82 Å². The molecule has 134 valence electrons. The Kier molecular flexibility index (Phi) is 5.18. The number of hydrogen-bond acceptors (Lipinski definition) is 3. The van der Waals surface area contributed by atoms with Crippen molar-refractivity contribution in [3.63, 3.8) is 0 Å². The zero-order valence-electron chi connectivity index (χ0n) is 14.8. The van der Waals surface area contributed by atoms with Crippen molar-refractivity contribution in [1.82, 2.24) is 0 Å². The van der Waals surface area contributed by atoms with E-state index in [9.17, 15) is 13.4 Å². The van der Waals surface area contributed by atoms with Crippen LogP contribution >= 0.6 is 0 Å². The lowest BCUT2D eigenvalue weighted by Crippen LogP contribution is -2.02. The third-order valence-corrected chi connectivity index (χ3v) is 5.22. The van der Waals surface area contributed by atoms with E-state index in [0.29, 0.717) is 11.3 Å². The number of carbonyl (C=O) groups excluding carboxylic acids is 1. The fraction of sp³-hybridized carbons (Fsp3) is 0.190. The number of benzene rings is 2. The van der Waals surface area contributed by atoms with Crippen LogP contribution in [0.3, 0.4) is 0 Å². The lowest BCUT2D eigenvalue weighted by Gasteiger charge is -2.06. The molecule has 0 N–H and O–H groups in total. The van der Waals surface area contributed by atoms with Crippen molar-refractivity contribution in [3.8, 4) is 0 Å². The molecule has 0 amide bonds. The summed E-state index contributed by atoms with van der Waals surface area (Å²) in [6.07, 6.45) is 3.84. The quantitative estimate of drug-likeness (QED) is 0.726. The van der Waals surface area contributed by atoms with Gasteiger partial charge in [-0.25, -0.2) is 4.39 Å². The monoisotopic (exact) mass is 370 g/mol. The maximum Gasteiger partial charge on any atom is 0.310 e. The Bertz CT molecular complexity index is 956. The maximum absolute atomic E-state index is 13.7. The van der Waals surface area contributed by atoms with Crippen molar-refractivity contribution >= 4 is 34.2 Å². The highest BCUT2D eigenvalue weighted by atomic mass is 32.2. The molecular weight excluding hydrogens is 351 g/mol. The summed E-state index contributed by atoms with van der Waals surface area (Å²) in [6.45, 7) is 3.58. The molecule has 0 bridgehead atoms. The van der Waals surface area contributed by atoms with Crippen molar-refractivity contribution in [3.05, 3.63) is 70.5 Å². The molecule has 0 spiro atoms. The van der Waals surface area contributed by atoms with Gasteiger partial charge in [0.2, 0.25) is 0 Å². The van der Waals surface area contributed by atoms with Crippen molar-refractivity contribution in [2.24, 2.45) is 0 Å². The highest BCUT2D eigenvalue weighted by Gasteiger charge is 2.27. The highest BCUT2D eigenvalue weighted by molar-refractivity contribution is 7.84. The molecule has 0 heterocycles. The van der Waals surface area contributed by atoms with Gasteiger partial charge in [-0.15, -0.1) is 0 Å². The molecule has 0 aromatic heterocycles. The molecule has 3 rings (SSSR count). The SMILES string of the molecule is CCC(=O)OC1=C(C)C(=Cc2ccc(S(C)=O)cc2)c2ccc(F)cc21. The molecule has 0 fully saturated rings. The van der Waals surface area contributed by atoms with Crippen LogP contribution in [-0.2, 0) is 20.3 Å². The van der Waals surface area contributed by atoms with Crippen LogP contribution in [0.4, 0.5) is 4.39 Å². The first kappa shape index (κ1) is 18.3. The molecular formula is C21H19FO3S. The molecule has 1 aliphatic carbocycles. The van der Waals surface area contributed by atoms with E-state index in [1.54, 1.807) is 19.2 Å². The van der Waals surface area contributed by atoms with Gasteiger partial charge in [0.15, 0.2) is 0 Å². The topological polar surface area (TPSA) is 43.4 Å². The Balaban J connectivity index is 2.08. The predicted molar refractivity (Wildman–Crippen MR) is 102 cm³/mol. The molecule has 0 radical (unpaired) electrons.